The highest BCUT2D eigenvalue weighted by Crippen LogP contribution is 2.48. The van der Waals surface area contributed by atoms with Gasteiger partial charge in [-0.3, -0.25) is 9.59 Å². The molecular weight excluding hydrogens is 516 g/mol. The van der Waals surface area contributed by atoms with Crippen molar-refractivity contribution >= 4 is 39.3 Å². The van der Waals surface area contributed by atoms with E-state index in [0.717, 1.165) is 23.9 Å². The van der Waals surface area contributed by atoms with E-state index < -0.39 is 0 Å². The molecule has 2 fully saturated rings. The highest BCUT2D eigenvalue weighted by molar-refractivity contribution is 6.02. The van der Waals surface area contributed by atoms with Crippen molar-refractivity contribution in [3.8, 4) is 11.5 Å². The van der Waals surface area contributed by atoms with Gasteiger partial charge in [0.25, 0.3) is 0 Å². The second-order valence-corrected chi connectivity index (χ2v) is 11.3. The van der Waals surface area contributed by atoms with Crippen molar-refractivity contribution in [1.29, 1.82) is 0 Å². The number of carbonyl (C=O) groups excluding carboxylic acids is 2. The first-order valence-electron chi connectivity index (χ1n) is 14.2. The maximum Gasteiger partial charge on any atom is 0.231 e. The van der Waals surface area contributed by atoms with Gasteiger partial charge in [0, 0.05) is 65.7 Å². The molecule has 3 aliphatic heterocycles. The Morgan fingerprint density at radius 3 is 2.17 bits per heavy atom. The Morgan fingerprint density at radius 2 is 1.49 bits per heavy atom. The molecule has 3 aromatic carbocycles. The number of H-pyrrole nitrogens is 2. The number of nitrogens with zero attached hydrogens (tertiary/aromatic N) is 2. The van der Waals surface area contributed by atoms with Crippen LogP contribution >= 0.6 is 0 Å². The summed E-state index contributed by atoms with van der Waals surface area (Å²) in [6.45, 7) is 1.74. The van der Waals surface area contributed by atoms with Crippen molar-refractivity contribution in [3.63, 3.8) is 0 Å². The Labute approximate surface area is 236 Å². The Bertz CT molecular complexity index is 1740. The molecule has 2 N–H and O–H groups in total. The molecule has 5 heterocycles. The average molecular weight is 547 g/mol. The van der Waals surface area contributed by atoms with Crippen molar-refractivity contribution in [2.24, 2.45) is 5.92 Å². The van der Waals surface area contributed by atoms with Gasteiger partial charge >= 0.3 is 0 Å². The van der Waals surface area contributed by atoms with Gasteiger partial charge < -0.3 is 29.2 Å². The molecule has 1 atom stereocenters. The molecule has 206 valence electrons. The number of rotatable bonds is 4. The fourth-order valence-electron chi connectivity index (χ4n) is 7.22. The summed E-state index contributed by atoms with van der Waals surface area (Å²) in [5.41, 5.74) is 5.20. The normalized spacial score (nSPS) is 19.9. The lowest BCUT2D eigenvalue weighted by atomic mass is 9.67. The Hall–Kier alpha value is -4.72. The summed E-state index contributed by atoms with van der Waals surface area (Å²) in [5, 5.41) is 2.44. The molecule has 8 nitrogen and oxygen atoms in total. The van der Waals surface area contributed by atoms with E-state index in [1.165, 1.54) is 21.9 Å². The van der Waals surface area contributed by atoms with E-state index in [9.17, 15) is 9.59 Å². The van der Waals surface area contributed by atoms with Crippen molar-refractivity contribution < 1.29 is 19.1 Å². The zero-order valence-corrected chi connectivity index (χ0v) is 22.6. The number of hydrogen-bond acceptors (Lipinski definition) is 4. The van der Waals surface area contributed by atoms with Crippen molar-refractivity contribution in [2.45, 2.75) is 24.7 Å². The molecule has 8 rings (SSSR count). The van der Waals surface area contributed by atoms with Crippen LogP contribution in [-0.2, 0) is 15.0 Å². The quantitative estimate of drug-likeness (QED) is 0.319. The lowest BCUT2D eigenvalue weighted by Gasteiger charge is -2.43. The zero-order chi connectivity index (χ0) is 27.6. The van der Waals surface area contributed by atoms with E-state index in [4.69, 9.17) is 9.47 Å². The molecule has 0 aliphatic carbocycles. The van der Waals surface area contributed by atoms with Crippen LogP contribution in [0.1, 0.15) is 30.4 Å². The molecule has 0 bridgehead atoms. The standard InChI is InChI=1S/C33H30N4O4/c38-30-16-21(19-37(30)28-10-5-11-29-31(28)41-20-40-29)32(39)36-14-12-33(13-15-36,24-17-34-26-8-3-1-6-22(24)26)25-18-35-27-9-4-2-7-23(25)27/h1-11,17-18,21,34-35H,12-16,19-20H2/t21-/m0/s1. The number of amides is 2. The first kappa shape index (κ1) is 24.1. The molecule has 5 aromatic rings. The average Bonchev–Trinajstić information content (AvgIpc) is 3.82. The van der Waals surface area contributed by atoms with Crippen LogP contribution in [0.25, 0.3) is 21.8 Å². The molecule has 8 heteroatoms. The third-order valence-electron chi connectivity index (χ3n) is 9.28. The first-order valence-corrected chi connectivity index (χ1v) is 14.2. The third kappa shape index (κ3) is 3.66. The van der Waals surface area contributed by atoms with Gasteiger partial charge in [0.1, 0.15) is 0 Å². The van der Waals surface area contributed by atoms with Gasteiger partial charge in [-0.2, -0.15) is 0 Å². The van der Waals surface area contributed by atoms with Crippen molar-refractivity contribution in [2.75, 3.05) is 31.3 Å². The number of piperidine rings is 1. The van der Waals surface area contributed by atoms with Gasteiger partial charge in [0.2, 0.25) is 18.6 Å². The number of nitrogens with one attached hydrogen (secondary N) is 2. The number of hydrogen-bond donors (Lipinski definition) is 2. The van der Waals surface area contributed by atoms with Crippen molar-refractivity contribution in [3.05, 3.63) is 90.3 Å². The highest BCUT2D eigenvalue weighted by Gasteiger charge is 2.45. The van der Waals surface area contributed by atoms with E-state index >= 15 is 0 Å². The number of anilines is 1. The van der Waals surface area contributed by atoms with Gasteiger partial charge in [-0.25, -0.2) is 0 Å². The number of aromatic amines is 2. The van der Waals surface area contributed by atoms with Crippen molar-refractivity contribution in [1.82, 2.24) is 14.9 Å². The maximum atomic E-state index is 13.8. The topological polar surface area (TPSA) is 90.7 Å². The molecule has 0 unspecified atom stereocenters. The van der Waals surface area contributed by atoms with Crippen LogP contribution in [0.2, 0.25) is 0 Å². The number of likely N-dealkylation sites (tertiary alicyclic amines) is 1. The molecule has 2 aromatic heterocycles. The summed E-state index contributed by atoms with van der Waals surface area (Å²) in [4.78, 5) is 37.6. The zero-order valence-electron chi connectivity index (χ0n) is 22.6. The third-order valence-corrected chi connectivity index (χ3v) is 9.28. The largest absolute Gasteiger partial charge is 0.454 e. The SMILES string of the molecule is O=C([C@H]1CC(=O)N(c2cccc3c2OCO3)C1)N1CCC(c2c[nH]c3ccccc23)(c2c[nH]c3ccccc23)CC1. The number of carbonyl (C=O) groups is 2. The molecule has 2 amide bonds. The minimum absolute atomic E-state index is 0.0528. The van der Waals surface area contributed by atoms with Gasteiger partial charge in [-0.1, -0.05) is 42.5 Å². The van der Waals surface area contributed by atoms with E-state index in [1.807, 2.05) is 23.1 Å². The van der Waals surface area contributed by atoms with E-state index in [0.29, 0.717) is 36.8 Å². The van der Waals surface area contributed by atoms with Crippen LogP contribution in [0.3, 0.4) is 0 Å². The number of fused-ring (bicyclic) bond motifs is 3. The summed E-state index contributed by atoms with van der Waals surface area (Å²) in [7, 11) is 0. The predicted octanol–water partition coefficient (Wildman–Crippen LogP) is 5.34. The molecule has 0 saturated carbocycles. The Balaban J connectivity index is 1.08. The summed E-state index contributed by atoms with van der Waals surface area (Å²) in [6, 6.07) is 22.4. The molecule has 3 aliphatic rings. The van der Waals surface area contributed by atoms with Crippen LogP contribution < -0.4 is 14.4 Å². The number of aromatic nitrogens is 2. The fraction of sp³-hybridized carbons (Fsp3) is 0.273. The van der Waals surface area contributed by atoms with Crippen LogP contribution in [0, 0.1) is 5.92 Å². The van der Waals surface area contributed by atoms with Gasteiger partial charge in [-0.15, -0.1) is 0 Å². The van der Waals surface area contributed by atoms with Crippen LogP contribution in [-0.4, -0.2) is 53.1 Å². The maximum absolute atomic E-state index is 13.8. The Kier molecular flexibility index (Phi) is 5.39. The minimum Gasteiger partial charge on any atom is -0.454 e. The van der Waals surface area contributed by atoms with Gasteiger partial charge in [-0.05, 0) is 48.2 Å². The molecule has 41 heavy (non-hydrogen) atoms. The summed E-state index contributed by atoms with van der Waals surface area (Å²) in [5.74, 6) is 0.823. The number of benzene rings is 3. The van der Waals surface area contributed by atoms with E-state index in [-0.39, 0.29) is 36.4 Å². The smallest absolute Gasteiger partial charge is 0.231 e. The summed E-state index contributed by atoms with van der Waals surface area (Å²) in [6.07, 6.45) is 6.10. The van der Waals surface area contributed by atoms with Gasteiger partial charge in [0.05, 0.1) is 11.6 Å². The lowest BCUT2D eigenvalue weighted by Crippen LogP contribution is -2.47. The van der Waals surface area contributed by atoms with Crippen LogP contribution in [0.5, 0.6) is 11.5 Å². The first-order chi connectivity index (χ1) is 20.1. The summed E-state index contributed by atoms with van der Waals surface area (Å²) < 4.78 is 11.1. The van der Waals surface area contributed by atoms with Gasteiger partial charge in [0.15, 0.2) is 11.5 Å². The predicted molar refractivity (Wildman–Crippen MR) is 156 cm³/mol. The Morgan fingerprint density at radius 1 is 0.829 bits per heavy atom. The van der Waals surface area contributed by atoms with E-state index in [2.05, 4.69) is 70.9 Å². The van der Waals surface area contributed by atoms with Crippen LogP contribution in [0.15, 0.2) is 79.1 Å². The van der Waals surface area contributed by atoms with Crippen LogP contribution in [0.4, 0.5) is 5.69 Å². The lowest BCUT2D eigenvalue weighted by molar-refractivity contribution is -0.137. The summed E-state index contributed by atoms with van der Waals surface area (Å²) >= 11 is 0. The monoisotopic (exact) mass is 546 g/mol. The number of ether oxygens (including phenoxy) is 2. The second kappa shape index (κ2) is 9.16. The highest BCUT2D eigenvalue weighted by atomic mass is 16.7. The molecule has 0 spiro atoms. The minimum atomic E-state index is -0.380. The molecule has 2 saturated heterocycles. The number of para-hydroxylation sites is 3. The molecular formula is C33H30N4O4. The fourth-order valence-corrected chi connectivity index (χ4v) is 7.22. The van der Waals surface area contributed by atoms with E-state index in [1.54, 1.807) is 4.90 Å². The second-order valence-electron chi connectivity index (χ2n) is 11.3. The molecule has 0 radical (unpaired) electrons.